The number of furan rings is 1. The first-order valence-electron chi connectivity index (χ1n) is 11.2. The minimum absolute atomic E-state index is 0.136. The van der Waals surface area contributed by atoms with Gasteiger partial charge in [-0.15, -0.1) is 28.1 Å². The highest BCUT2D eigenvalue weighted by Gasteiger charge is 2.23. The van der Waals surface area contributed by atoms with Crippen LogP contribution in [0.5, 0.6) is 5.75 Å². The van der Waals surface area contributed by atoms with Gasteiger partial charge in [0, 0.05) is 16.8 Å². The fraction of sp³-hybridized carbons (Fsp3) is 0.280. The Labute approximate surface area is 210 Å². The predicted octanol–water partition coefficient (Wildman–Crippen LogP) is 5.43. The van der Waals surface area contributed by atoms with Crippen molar-refractivity contribution < 1.29 is 13.9 Å². The molecule has 1 aliphatic carbocycles. The molecule has 0 saturated heterocycles. The largest absolute Gasteiger partial charge is 0.493 e. The van der Waals surface area contributed by atoms with Crippen LogP contribution >= 0.6 is 23.1 Å². The van der Waals surface area contributed by atoms with Gasteiger partial charge in [0.1, 0.15) is 11.1 Å². The van der Waals surface area contributed by atoms with Gasteiger partial charge in [0.05, 0.1) is 18.4 Å². The van der Waals surface area contributed by atoms with Gasteiger partial charge in [-0.05, 0) is 43.4 Å². The third-order valence-corrected chi connectivity index (χ3v) is 8.02. The van der Waals surface area contributed by atoms with Crippen LogP contribution in [0.15, 0.2) is 46.5 Å². The molecule has 0 atom stereocenters. The molecule has 0 fully saturated rings. The number of carbonyl (C=O) groups is 1. The lowest BCUT2D eigenvalue weighted by Gasteiger charge is -2.09. The van der Waals surface area contributed by atoms with Gasteiger partial charge in [-0.2, -0.15) is 5.26 Å². The number of para-hydroxylation sites is 1. The SMILES string of the molecule is C=CCn1c(SCC(=O)Nc2sc3c(c2C#N)CCCC3)nnc1-c1cc2cccc(OC)c2o1. The maximum atomic E-state index is 12.8. The molecule has 35 heavy (non-hydrogen) atoms. The van der Waals surface area contributed by atoms with Crippen molar-refractivity contribution in [1.82, 2.24) is 14.8 Å². The Morgan fingerprint density at radius 3 is 3.06 bits per heavy atom. The summed E-state index contributed by atoms with van der Waals surface area (Å²) >= 11 is 2.80. The fourth-order valence-electron chi connectivity index (χ4n) is 4.24. The number of benzene rings is 1. The molecule has 1 amide bonds. The van der Waals surface area contributed by atoms with E-state index in [0.29, 0.717) is 45.2 Å². The highest BCUT2D eigenvalue weighted by molar-refractivity contribution is 7.99. The molecule has 1 aromatic carbocycles. The Hall–Kier alpha value is -3.55. The van der Waals surface area contributed by atoms with Gasteiger partial charge in [-0.25, -0.2) is 0 Å². The van der Waals surface area contributed by atoms with Crippen LogP contribution in [-0.4, -0.2) is 33.5 Å². The highest BCUT2D eigenvalue weighted by Crippen LogP contribution is 2.38. The summed E-state index contributed by atoms with van der Waals surface area (Å²) in [7, 11) is 1.60. The molecule has 0 radical (unpaired) electrons. The molecular weight excluding hydrogens is 482 g/mol. The van der Waals surface area contributed by atoms with E-state index in [-0.39, 0.29) is 11.7 Å². The fourth-order valence-corrected chi connectivity index (χ4v) is 6.25. The van der Waals surface area contributed by atoms with Crippen molar-refractivity contribution >= 4 is 45.0 Å². The molecule has 8 nitrogen and oxygen atoms in total. The zero-order valence-electron chi connectivity index (χ0n) is 19.2. The number of aryl methyl sites for hydroxylation is 1. The number of rotatable bonds is 8. The number of hydrogen-bond donors (Lipinski definition) is 1. The van der Waals surface area contributed by atoms with Crippen LogP contribution in [0.1, 0.15) is 28.8 Å². The summed E-state index contributed by atoms with van der Waals surface area (Å²) in [6.07, 6.45) is 5.83. The Morgan fingerprint density at radius 1 is 1.40 bits per heavy atom. The minimum Gasteiger partial charge on any atom is -0.493 e. The van der Waals surface area contributed by atoms with E-state index in [4.69, 9.17) is 9.15 Å². The van der Waals surface area contributed by atoms with E-state index >= 15 is 0 Å². The molecule has 1 aliphatic rings. The van der Waals surface area contributed by atoms with Crippen LogP contribution in [0.25, 0.3) is 22.6 Å². The van der Waals surface area contributed by atoms with Crippen LogP contribution < -0.4 is 10.1 Å². The third-order valence-electron chi connectivity index (χ3n) is 5.85. The molecule has 1 N–H and O–H groups in total. The summed E-state index contributed by atoms with van der Waals surface area (Å²) in [6.45, 7) is 4.29. The molecule has 0 unspecified atom stereocenters. The molecule has 178 valence electrons. The number of allylic oxidation sites excluding steroid dienone is 1. The van der Waals surface area contributed by atoms with Crippen molar-refractivity contribution in [1.29, 1.82) is 5.26 Å². The maximum absolute atomic E-state index is 12.8. The van der Waals surface area contributed by atoms with Gasteiger partial charge >= 0.3 is 0 Å². The molecule has 3 aromatic heterocycles. The summed E-state index contributed by atoms with van der Waals surface area (Å²) in [6, 6.07) is 9.85. The number of methoxy groups -OCH3 is 1. The molecule has 5 rings (SSSR count). The third kappa shape index (κ3) is 4.45. The monoisotopic (exact) mass is 505 g/mol. The van der Waals surface area contributed by atoms with Crippen LogP contribution in [-0.2, 0) is 24.2 Å². The molecule has 0 spiro atoms. The number of nitrogens with zero attached hydrogens (tertiary/aromatic N) is 4. The quantitative estimate of drug-likeness (QED) is 0.251. The van der Waals surface area contributed by atoms with E-state index in [0.717, 1.165) is 36.6 Å². The predicted molar refractivity (Wildman–Crippen MR) is 137 cm³/mol. The first-order chi connectivity index (χ1) is 17.1. The molecular formula is C25H23N5O3S2. The number of hydrogen-bond acceptors (Lipinski definition) is 8. The Balaban J connectivity index is 1.34. The lowest BCUT2D eigenvalue weighted by molar-refractivity contribution is -0.113. The first kappa shape index (κ1) is 23.2. The molecule has 3 heterocycles. The van der Waals surface area contributed by atoms with E-state index in [1.165, 1.54) is 28.0 Å². The molecule has 10 heteroatoms. The number of amides is 1. The van der Waals surface area contributed by atoms with E-state index in [1.54, 1.807) is 13.2 Å². The minimum atomic E-state index is -0.187. The lowest BCUT2D eigenvalue weighted by atomic mass is 9.96. The number of fused-ring (bicyclic) bond motifs is 2. The van der Waals surface area contributed by atoms with Crippen LogP contribution in [0.2, 0.25) is 0 Å². The number of nitrogens with one attached hydrogen (secondary N) is 1. The van der Waals surface area contributed by atoms with E-state index in [2.05, 4.69) is 28.2 Å². The number of carbonyl (C=O) groups excluding carboxylic acids is 1. The Bertz CT molecular complexity index is 1460. The number of ether oxygens (including phenoxy) is 1. The zero-order valence-corrected chi connectivity index (χ0v) is 20.8. The second-order valence-electron chi connectivity index (χ2n) is 8.06. The van der Waals surface area contributed by atoms with Crippen molar-refractivity contribution in [3.63, 3.8) is 0 Å². The summed E-state index contributed by atoms with van der Waals surface area (Å²) < 4.78 is 13.3. The Morgan fingerprint density at radius 2 is 2.26 bits per heavy atom. The van der Waals surface area contributed by atoms with Crippen molar-refractivity contribution in [3.8, 4) is 23.4 Å². The highest BCUT2D eigenvalue weighted by atomic mass is 32.2. The topological polar surface area (TPSA) is 106 Å². The molecule has 0 saturated carbocycles. The van der Waals surface area contributed by atoms with Gasteiger partial charge in [0.25, 0.3) is 0 Å². The second-order valence-corrected chi connectivity index (χ2v) is 10.1. The first-order valence-corrected chi connectivity index (χ1v) is 13.0. The smallest absolute Gasteiger partial charge is 0.235 e. The molecule has 4 aromatic rings. The van der Waals surface area contributed by atoms with Gasteiger partial charge < -0.3 is 14.5 Å². The average molecular weight is 506 g/mol. The van der Waals surface area contributed by atoms with Crippen molar-refractivity contribution in [3.05, 3.63) is 52.9 Å². The number of aromatic nitrogens is 3. The van der Waals surface area contributed by atoms with Crippen molar-refractivity contribution in [2.45, 2.75) is 37.4 Å². The normalized spacial score (nSPS) is 12.8. The van der Waals surface area contributed by atoms with Crippen LogP contribution in [0, 0.1) is 11.3 Å². The van der Waals surface area contributed by atoms with Crippen LogP contribution in [0.4, 0.5) is 5.00 Å². The standard InChI is InChI=1S/C25H23N5O3S2/c1-3-11-30-23(19-12-15-7-6-9-18(32-2)22(15)33-19)28-29-25(30)34-14-21(31)27-24-17(13-26)16-8-4-5-10-20(16)35-24/h3,6-7,9,12H,1,4-5,8,10-11,14H2,2H3,(H,27,31). The summed E-state index contributed by atoms with van der Waals surface area (Å²) in [5, 5.41) is 23.3. The summed E-state index contributed by atoms with van der Waals surface area (Å²) in [5.74, 6) is 1.69. The number of anilines is 1. The molecule has 0 bridgehead atoms. The van der Waals surface area contributed by atoms with Gasteiger partial charge in [-0.3, -0.25) is 9.36 Å². The zero-order chi connectivity index (χ0) is 24.4. The van der Waals surface area contributed by atoms with Crippen molar-refractivity contribution in [2.75, 3.05) is 18.2 Å². The van der Waals surface area contributed by atoms with E-state index < -0.39 is 0 Å². The molecule has 0 aliphatic heterocycles. The van der Waals surface area contributed by atoms with E-state index in [1.807, 2.05) is 28.8 Å². The summed E-state index contributed by atoms with van der Waals surface area (Å²) in [5.41, 5.74) is 2.35. The number of nitriles is 1. The van der Waals surface area contributed by atoms with Crippen molar-refractivity contribution in [2.24, 2.45) is 0 Å². The van der Waals surface area contributed by atoms with Gasteiger partial charge in [0.2, 0.25) is 11.7 Å². The number of thioether (sulfide) groups is 1. The lowest BCUT2D eigenvalue weighted by Crippen LogP contribution is -2.14. The van der Waals surface area contributed by atoms with E-state index in [9.17, 15) is 10.1 Å². The van der Waals surface area contributed by atoms with Crippen LogP contribution in [0.3, 0.4) is 0 Å². The van der Waals surface area contributed by atoms with Gasteiger partial charge in [0.15, 0.2) is 22.2 Å². The second kappa shape index (κ2) is 9.98. The van der Waals surface area contributed by atoms with Gasteiger partial charge in [-0.1, -0.05) is 30.0 Å². The Kier molecular flexibility index (Phi) is 6.61. The maximum Gasteiger partial charge on any atom is 0.235 e. The average Bonchev–Trinajstić information content (AvgIpc) is 3.57. The number of thiophene rings is 1. The summed E-state index contributed by atoms with van der Waals surface area (Å²) in [4.78, 5) is 14.0.